The standard InChI is InChI=1S/C28H29N3O5/c1-18-16-31(17-19(2)36-18)25-14-12-21(13-15-25)20-4-6-22(7-5-20)26(32)29-30-27(33)23-8-10-24(11-9-23)28(34)35-3/h4-15,18-19H,16-17H2,1-3H3,(H,29,32)(H,30,33)/t18-,19+. The predicted octanol–water partition coefficient (Wildman–Crippen LogP) is 3.83. The molecule has 0 spiro atoms. The molecule has 36 heavy (non-hydrogen) atoms. The van der Waals surface area contributed by atoms with Gasteiger partial charge in [0.1, 0.15) is 0 Å². The molecule has 0 aromatic heterocycles. The van der Waals surface area contributed by atoms with Crippen molar-refractivity contribution in [3.63, 3.8) is 0 Å². The largest absolute Gasteiger partial charge is 0.465 e. The summed E-state index contributed by atoms with van der Waals surface area (Å²) in [6.07, 6.45) is 0.396. The van der Waals surface area contributed by atoms with Gasteiger partial charge >= 0.3 is 5.97 Å². The van der Waals surface area contributed by atoms with Gasteiger partial charge in [-0.05, 0) is 73.5 Å². The van der Waals surface area contributed by atoms with Crippen LogP contribution >= 0.6 is 0 Å². The second-order valence-corrected chi connectivity index (χ2v) is 8.76. The van der Waals surface area contributed by atoms with Crippen LogP contribution in [0.15, 0.2) is 72.8 Å². The zero-order valence-electron chi connectivity index (χ0n) is 20.5. The van der Waals surface area contributed by atoms with Crippen molar-refractivity contribution in [1.82, 2.24) is 10.9 Å². The Hall–Kier alpha value is -4.17. The number of hydrogen-bond acceptors (Lipinski definition) is 6. The molecule has 1 heterocycles. The molecule has 0 unspecified atom stereocenters. The van der Waals surface area contributed by atoms with E-state index in [4.69, 9.17) is 4.74 Å². The van der Waals surface area contributed by atoms with Gasteiger partial charge in [0.15, 0.2) is 0 Å². The number of nitrogens with zero attached hydrogens (tertiary/aromatic N) is 1. The van der Waals surface area contributed by atoms with E-state index in [0.29, 0.717) is 16.7 Å². The van der Waals surface area contributed by atoms with Gasteiger partial charge in [0.25, 0.3) is 11.8 Å². The van der Waals surface area contributed by atoms with Crippen molar-refractivity contribution in [3.8, 4) is 11.1 Å². The Morgan fingerprint density at radius 2 is 1.14 bits per heavy atom. The van der Waals surface area contributed by atoms with Crippen molar-refractivity contribution >= 4 is 23.5 Å². The smallest absolute Gasteiger partial charge is 0.337 e. The monoisotopic (exact) mass is 487 g/mol. The average molecular weight is 488 g/mol. The summed E-state index contributed by atoms with van der Waals surface area (Å²) in [7, 11) is 1.29. The Bertz CT molecular complexity index is 1210. The van der Waals surface area contributed by atoms with Crippen LogP contribution in [-0.4, -0.2) is 50.2 Å². The Balaban J connectivity index is 1.33. The average Bonchev–Trinajstić information content (AvgIpc) is 2.91. The van der Waals surface area contributed by atoms with Gasteiger partial charge in [0.05, 0.1) is 24.9 Å². The van der Waals surface area contributed by atoms with Crippen LogP contribution in [0.1, 0.15) is 44.9 Å². The van der Waals surface area contributed by atoms with E-state index in [9.17, 15) is 14.4 Å². The first kappa shape index (κ1) is 24.9. The second-order valence-electron chi connectivity index (χ2n) is 8.76. The third-order valence-corrected chi connectivity index (χ3v) is 5.99. The molecule has 0 radical (unpaired) electrons. The van der Waals surface area contributed by atoms with Crippen molar-refractivity contribution in [2.75, 3.05) is 25.1 Å². The fourth-order valence-electron chi connectivity index (χ4n) is 4.20. The number of morpholine rings is 1. The maximum Gasteiger partial charge on any atom is 0.337 e. The van der Waals surface area contributed by atoms with Gasteiger partial charge in [0.2, 0.25) is 0 Å². The summed E-state index contributed by atoms with van der Waals surface area (Å²) in [5.41, 5.74) is 9.02. The zero-order valence-corrected chi connectivity index (χ0v) is 20.5. The summed E-state index contributed by atoms with van der Waals surface area (Å²) in [4.78, 5) is 38.6. The highest BCUT2D eigenvalue weighted by Gasteiger charge is 2.22. The lowest BCUT2D eigenvalue weighted by molar-refractivity contribution is -0.00522. The Morgan fingerprint density at radius 3 is 1.61 bits per heavy atom. The molecule has 0 bridgehead atoms. The molecule has 186 valence electrons. The lowest BCUT2D eigenvalue weighted by Crippen LogP contribution is -2.45. The number of benzene rings is 3. The number of carbonyl (C=O) groups is 3. The molecular formula is C28H29N3O5. The first-order chi connectivity index (χ1) is 17.3. The molecule has 2 amide bonds. The van der Waals surface area contributed by atoms with Gasteiger partial charge < -0.3 is 14.4 Å². The van der Waals surface area contributed by atoms with Gasteiger partial charge in [-0.3, -0.25) is 20.4 Å². The molecule has 8 heteroatoms. The van der Waals surface area contributed by atoms with Crippen molar-refractivity contribution in [3.05, 3.63) is 89.5 Å². The van der Waals surface area contributed by atoms with Crippen LogP contribution in [0.25, 0.3) is 11.1 Å². The minimum Gasteiger partial charge on any atom is -0.465 e. The highest BCUT2D eigenvalue weighted by Crippen LogP contribution is 2.25. The normalized spacial score (nSPS) is 17.2. The van der Waals surface area contributed by atoms with E-state index in [1.165, 1.54) is 31.4 Å². The fourth-order valence-corrected chi connectivity index (χ4v) is 4.20. The van der Waals surface area contributed by atoms with Gasteiger partial charge in [-0.15, -0.1) is 0 Å². The van der Waals surface area contributed by atoms with Crippen LogP contribution < -0.4 is 15.8 Å². The lowest BCUT2D eigenvalue weighted by atomic mass is 10.0. The molecule has 0 saturated carbocycles. The molecule has 2 N–H and O–H groups in total. The van der Waals surface area contributed by atoms with E-state index < -0.39 is 17.8 Å². The van der Waals surface area contributed by atoms with Crippen LogP contribution in [0.4, 0.5) is 5.69 Å². The minimum absolute atomic E-state index is 0.198. The highest BCUT2D eigenvalue weighted by molar-refractivity contribution is 6.00. The van der Waals surface area contributed by atoms with Gasteiger partial charge in [-0.2, -0.15) is 0 Å². The lowest BCUT2D eigenvalue weighted by Gasteiger charge is -2.36. The van der Waals surface area contributed by atoms with E-state index in [1.54, 1.807) is 12.1 Å². The van der Waals surface area contributed by atoms with Crippen LogP contribution in [0, 0.1) is 0 Å². The van der Waals surface area contributed by atoms with Gasteiger partial charge in [0, 0.05) is 29.9 Å². The number of hydrogen-bond donors (Lipinski definition) is 2. The molecule has 8 nitrogen and oxygen atoms in total. The summed E-state index contributed by atoms with van der Waals surface area (Å²) in [6.45, 7) is 5.90. The van der Waals surface area contributed by atoms with E-state index in [1.807, 2.05) is 12.1 Å². The number of amides is 2. The molecule has 1 saturated heterocycles. The molecule has 1 aliphatic heterocycles. The molecule has 0 aliphatic carbocycles. The SMILES string of the molecule is COC(=O)c1ccc(C(=O)NNC(=O)c2ccc(-c3ccc(N4C[C@@H](C)O[C@@H](C)C4)cc3)cc2)cc1. The van der Waals surface area contributed by atoms with Gasteiger partial charge in [-0.1, -0.05) is 24.3 Å². The summed E-state index contributed by atoms with van der Waals surface area (Å²) < 4.78 is 10.5. The van der Waals surface area contributed by atoms with Crippen LogP contribution in [0.5, 0.6) is 0 Å². The molecular weight excluding hydrogens is 458 g/mol. The number of esters is 1. The predicted molar refractivity (Wildman–Crippen MR) is 137 cm³/mol. The van der Waals surface area contributed by atoms with E-state index in [0.717, 1.165) is 29.9 Å². The molecule has 3 aromatic rings. The number of methoxy groups -OCH3 is 1. The minimum atomic E-state index is -0.500. The zero-order chi connectivity index (χ0) is 25.7. The highest BCUT2D eigenvalue weighted by atomic mass is 16.5. The number of nitrogens with one attached hydrogen (secondary N) is 2. The summed E-state index contributed by atoms with van der Waals surface area (Å²) in [6, 6.07) is 21.4. The van der Waals surface area contributed by atoms with E-state index >= 15 is 0 Å². The number of hydrazine groups is 1. The number of ether oxygens (including phenoxy) is 2. The summed E-state index contributed by atoms with van der Waals surface area (Å²) >= 11 is 0. The quantitative estimate of drug-likeness (QED) is 0.420. The number of anilines is 1. The van der Waals surface area contributed by atoms with Crippen molar-refractivity contribution in [2.24, 2.45) is 0 Å². The van der Waals surface area contributed by atoms with Crippen LogP contribution in [0.2, 0.25) is 0 Å². The molecule has 1 aliphatic rings. The number of rotatable bonds is 5. The summed E-state index contributed by atoms with van der Waals surface area (Å²) in [5.74, 6) is -1.43. The maximum absolute atomic E-state index is 12.5. The van der Waals surface area contributed by atoms with Crippen LogP contribution in [-0.2, 0) is 9.47 Å². The number of carbonyl (C=O) groups excluding carboxylic acids is 3. The van der Waals surface area contributed by atoms with Gasteiger partial charge in [-0.25, -0.2) is 4.79 Å². The maximum atomic E-state index is 12.5. The molecule has 2 atom stereocenters. The molecule has 1 fully saturated rings. The topological polar surface area (TPSA) is 97.0 Å². The molecule has 3 aromatic carbocycles. The second kappa shape index (κ2) is 11.0. The van der Waals surface area contributed by atoms with Crippen molar-refractivity contribution in [1.29, 1.82) is 0 Å². The van der Waals surface area contributed by atoms with Crippen LogP contribution in [0.3, 0.4) is 0 Å². The Kier molecular flexibility index (Phi) is 7.65. The Labute approximate surface area is 210 Å². The molecule has 4 rings (SSSR count). The van der Waals surface area contributed by atoms with E-state index in [-0.39, 0.29) is 12.2 Å². The summed E-state index contributed by atoms with van der Waals surface area (Å²) in [5, 5.41) is 0. The third-order valence-electron chi connectivity index (χ3n) is 5.99. The van der Waals surface area contributed by atoms with Crippen molar-refractivity contribution in [2.45, 2.75) is 26.1 Å². The van der Waals surface area contributed by atoms with Crippen molar-refractivity contribution < 1.29 is 23.9 Å². The Morgan fingerprint density at radius 1 is 0.722 bits per heavy atom. The van der Waals surface area contributed by atoms with E-state index in [2.05, 4.69) is 58.6 Å². The fraction of sp³-hybridized carbons (Fsp3) is 0.250. The first-order valence-electron chi connectivity index (χ1n) is 11.7. The first-order valence-corrected chi connectivity index (χ1v) is 11.7. The third kappa shape index (κ3) is 5.90.